The molecule has 6 heteroatoms. The van der Waals surface area contributed by atoms with E-state index in [1.807, 2.05) is 0 Å². The summed E-state index contributed by atoms with van der Waals surface area (Å²) in [5.74, 6) is 0.294. The van der Waals surface area contributed by atoms with Crippen molar-refractivity contribution in [2.45, 2.75) is 0 Å². The second-order valence-corrected chi connectivity index (χ2v) is 4.07. The lowest BCUT2D eigenvalue weighted by Gasteiger charge is -2.11. The number of ether oxygens (including phenoxy) is 4. The Morgan fingerprint density at radius 2 is 1.38 bits per heavy atom. The summed E-state index contributed by atoms with van der Waals surface area (Å²) in [7, 11) is 1.61. The smallest absolute Gasteiger partial charge is 0.153 e. The second-order valence-electron chi connectivity index (χ2n) is 4.07. The van der Waals surface area contributed by atoms with Crippen LogP contribution in [0.15, 0.2) is 18.2 Å². The number of methoxy groups -OCH3 is 1. The van der Waals surface area contributed by atoms with Gasteiger partial charge in [-0.25, -0.2) is 0 Å². The van der Waals surface area contributed by atoms with E-state index in [1.54, 1.807) is 25.3 Å². The predicted octanol–water partition coefficient (Wildman–Crippen LogP) is 1.37. The van der Waals surface area contributed by atoms with E-state index in [0.29, 0.717) is 62.5 Å². The highest BCUT2D eigenvalue weighted by molar-refractivity contribution is 5.88. The van der Waals surface area contributed by atoms with Crippen molar-refractivity contribution in [1.82, 2.24) is 0 Å². The van der Waals surface area contributed by atoms with Gasteiger partial charge in [0.05, 0.1) is 44.2 Å². The third-order valence-electron chi connectivity index (χ3n) is 2.61. The van der Waals surface area contributed by atoms with Gasteiger partial charge in [0.25, 0.3) is 0 Å². The van der Waals surface area contributed by atoms with Gasteiger partial charge in [-0.15, -0.1) is 0 Å². The normalized spacial score (nSPS) is 10.3. The zero-order valence-corrected chi connectivity index (χ0v) is 12.1. The summed E-state index contributed by atoms with van der Waals surface area (Å²) in [6.45, 7) is 2.62. The van der Waals surface area contributed by atoms with Crippen molar-refractivity contribution in [2.24, 2.45) is 0 Å². The molecule has 0 aromatic heterocycles. The molecule has 1 rings (SSSR count). The monoisotopic (exact) mass is 296 g/mol. The van der Waals surface area contributed by atoms with Crippen LogP contribution in [0.1, 0.15) is 20.7 Å². The Morgan fingerprint density at radius 3 is 1.90 bits per heavy atom. The van der Waals surface area contributed by atoms with E-state index in [4.69, 9.17) is 18.9 Å². The van der Waals surface area contributed by atoms with Gasteiger partial charge in [0.15, 0.2) is 12.6 Å². The highest BCUT2D eigenvalue weighted by Gasteiger charge is 2.08. The van der Waals surface area contributed by atoms with Crippen molar-refractivity contribution in [3.8, 4) is 5.75 Å². The molecule has 0 aliphatic heterocycles. The maximum absolute atomic E-state index is 10.9. The molecule has 0 atom stereocenters. The quantitative estimate of drug-likeness (QED) is 0.428. The van der Waals surface area contributed by atoms with Crippen molar-refractivity contribution in [3.63, 3.8) is 0 Å². The molecule has 0 saturated carbocycles. The number of rotatable bonds is 12. The summed E-state index contributed by atoms with van der Waals surface area (Å²) in [6, 6.07) is 4.83. The Morgan fingerprint density at radius 1 is 0.857 bits per heavy atom. The van der Waals surface area contributed by atoms with Gasteiger partial charge in [-0.05, 0) is 12.1 Å². The molecule has 0 amide bonds. The number of benzene rings is 1. The lowest BCUT2D eigenvalue weighted by atomic mass is 10.1. The summed E-state index contributed by atoms with van der Waals surface area (Å²) in [6.07, 6.45) is 1.32. The molecule has 116 valence electrons. The van der Waals surface area contributed by atoms with E-state index >= 15 is 0 Å². The zero-order chi connectivity index (χ0) is 15.3. The first-order valence-corrected chi connectivity index (χ1v) is 6.64. The predicted molar refractivity (Wildman–Crippen MR) is 76.2 cm³/mol. The molecular weight excluding hydrogens is 276 g/mol. The molecule has 1 aromatic rings. The van der Waals surface area contributed by atoms with Crippen LogP contribution in [-0.4, -0.2) is 59.3 Å². The minimum Gasteiger partial charge on any atom is -0.490 e. The summed E-state index contributed by atoms with van der Waals surface area (Å²) in [4.78, 5) is 21.8. The Labute approximate surface area is 123 Å². The van der Waals surface area contributed by atoms with E-state index in [-0.39, 0.29) is 6.61 Å². The number of aldehydes is 2. The number of para-hydroxylation sites is 1. The molecule has 0 fully saturated rings. The zero-order valence-electron chi connectivity index (χ0n) is 12.1. The van der Waals surface area contributed by atoms with Crippen molar-refractivity contribution >= 4 is 12.6 Å². The van der Waals surface area contributed by atoms with Gasteiger partial charge >= 0.3 is 0 Å². The van der Waals surface area contributed by atoms with Gasteiger partial charge in [0.1, 0.15) is 12.4 Å². The van der Waals surface area contributed by atoms with Crippen LogP contribution in [0.4, 0.5) is 0 Å². The van der Waals surface area contributed by atoms with E-state index in [1.165, 1.54) is 0 Å². The maximum atomic E-state index is 10.9. The molecule has 0 unspecified atom stereocenters. The average molecular weight is 296 g/mol. The fourth-order valence-corrected chi connectivity index (χ4v) is 1.59. The first-order valence-electron chi connectivity index (χ1n) is 6.64. The fourth-order valence-electron chi connectivity index (χ4n) is 1.59. The van der Waals surface area contributed by atoms with Crippen LogP contribution in [0.5, 0.6) is 5.75 Å². The minimum absolute atomic E-state index is 0.254. The van der Waals surface area contributed by atoms with Crippen LogP contribution in [0.3, 0.4) is 0 Å². The number of hydrogen-bond donors (Lipinski definition) is 0. The summed E-state index contributed by atoms with van der Waals surface area (Å²) in [5, 5.41) is 0. The van der Waals surface area contributed by atoms with Crippen molar-refractivity contribution in [3.05, 3.63) is 29.3 Å². The van der Waals surface area contributed by atoms with Crippen molar-refractivity contribution in [1.29, 1.82) is 0 Å². The van der Waals surface area contributed by atoms with E-state index < -0.39 is 0 Å². The van der Waals surface area contributed by atoms with Crippen LogP contribution < -0.4 is 4.74 Å². The van der Waals surface area contributed by atoms with Crippen LogP contribution >= 0.6 is 0 Å². The fraction of sp³-hybridized carbons (Fsp3) is 0.467. The third kappa shape index (κ3) is 6.48. The van der Waals surface area contributed by atoms with E-state index in [0.717, 1.165) is 0 Å². The van der Waals surface area contributed by atoms with Gasteiger partial charge in [0.2, 0.25) is 0 Å². The maximum Gasteiger partial charge on any atom is 0.153 e. The summed E-state index contributed by atoms with van der Waals surface area (Å²) >= 11 is 0. The van der Waals surface area contributed by atoms with Crippen LogP contribution in [0.2, 0.25) is 0 Å². The highest BCUT2D eigenvalue weighted by atomic mass is 16.6. The largest absolute Gasteiger partial charge is 0.490 e. The number of carbonyl (C=O) groups is 2. The van der Waals surface area contributed by atoms with Gasteiger partial charge in [-0.1, -0.05) is 6.07 Å². The molecule has 0 saturated heterocycles. The number of carbonyl (C=O) groups excluding carboxylic acids is 2. The molecule has 0 aliphatic rings. The topological polar surface area (TPSA) is 71.1 Å². The van der Waals surface area contributed by atoms with Gasteiger partial charge in [-0.3, -0.25) is 9.59 Å². The molecule has 1 aromatic carbocycles. The van der Waals surface area contributed by atoms with E-state index in [9.17, 15) is 9.59 Å². The average Bonchev–Trinajstić information content (AvgIpc) is 2.53. The first-order chi connectivity index (χ1) is 10.3. The van der Waals surface area contributed by atoms with Crippen molar-refractivity contribution < 1.29 is 28.5 Å². The van der Waals surface area contributed by atoms with Gasteiger partial charge in [0, 0.05) is 7.11 Å². The van der Waals surface area contributed by atoms with E-state index in [2.05, 4.69) is 0 Å². The molecule has 0 spiro atoms. The summed E-state index contributed by atoms with van der Waals surface area (Å²) < 4.78 is 20.8. The molecule has 0 N–H and O–H groups in total. The van der Waals surface area contributed by atoms with Crippen molar-refractivity contribution in [2.75, 3.05) is 46.8 Å². The van der Waals surface area contributed by atoms with Gasteiger partial charge in [-0.2, -0.15) is 0 Å². The Kier molecular flexibility index (Phi) is 9.03. The van der Waals surface area contributed by atoms with Crippen LogP contribution in [0, 0.1) is 0 Å². The first kappa shape index (κ1) is 17.3. The summed E-state index contributed by atoms with van der Waals surface area (Å²) in [5.41, 5.74) is 0.699. The minimum atomic E-state index is 0.254. The molecule has 0 aliphatic carbocycles. The second kappa shape index (κ2) is 11.0. The Hall–Kier alpha value is -1.76. The SMILES string of the molecule is COCCOCCOCCOc1c(C=O)cccc1C=O. The lowest BCUT2D eigenvalue weighted by Crippen LogP contribution is -2.13. The molecule has 0 heterocycles. The standard InChI is InChI=1S/C15H20O6/c1-18-5-6-19-7-8-20-9-10-21-15-13(11-16)3-2-4-14(15)12-17/h2-4,11-12H,5-10H2,1H3. The molecular formula is C15H20O6. The van der Waals surface area contributed by atoms with Gasteiger partial charge < -0.3 is 18.9 Å². The number of hydrogen-bond acceptors (Lipinski definition) is 6. The molecule has 0 radical (unpaired) electrons. The van der Waals surface area contributed by atoms with Crippen LogP contribution in [0.25, 0.3) is 0 Å². The molecule has 6 nitrogen and oxygen atoms in total. The highest BCUT2D eigenvalue weighted by Crippen LogP contribution is 2.21. The molecule has 0 bridgehead atoms. The Bertz CT molecular complexity index is 406. The van der Waals surface area contributed by atoms with Crippen LogP contribution in [-0.2, 0) is 14.2 Å². The lowest BCUT2D eigenvalue weighted by molar-refractivity contribution is 0.0179. The Balaban J connectivity index is 2.24. The molecule has 21 heavy (non-hydrogen) atoms. The third-order valence-corrected chi connectivity index (χ3v) is 2.61.